The van der Waals surface area contributed by atoms with E-state index in [1.165, 1.54) is 6.42 Å². The third-order valence-corrected chi connectivity index (χ3v) is 3.54. The maximum atomic E-state index is 12.1. The molecule has 5 heteroatoms. The lowest BCUT2D eigenvalue weighted by Crippen LogP contribution is -2.22. The van der Waals surface area contributed by atoms with Crippen LogP contribution >= 0.6 is 0 Å². The molecular formula is C15H24N4O. The monoisotopic (exact) mass is 276 g/mol. The highest BCUT2D eigenvalue weighted by atomic mass is 16.1. The van der Waals surface area contributed by atoms with Gasteiger partial charge in [0.15, 0.2) is 0 Å². The highest BCUT2D eigenvalue weighted by Crippen LogP contribution is 2.20. The number of allylic oxidation sites excluding steroid dienone is 2. The molecule has 0 spiro atoms. The van der Waals surface area contributed by atoms with E-state index in [1.807, 2.05) is 24.8 Å². The number of hydrogen-bond acceptors (Lipinski definition) is 3. The van der Waals surface area contributed by atoms with Crippen molar-refractivity contribution in [1.82, 2.24) is 14.7 Å². The molecule has 0 aromatic carbocycles. The molecule has 0 bridgehead atoms. The summed E-state index contributed by atoms with van der Waals surface area (Å²) in [6, 6.07) is 1.85. The average molecular weight is 276 g/mol. The summed E-state index contributed by atoms with van der Waals surface area (Å²) in [6.45, 7) is 1.68. The van der Waals surface area contributed by atoms with Gasteiger partial charge in [-0.2, -0.15) is 5.10 Å². The van der Waals surface area contributed by atoms with Crippen molar-refractivity contribution in [3.05, 3.63) is 24.4 Å². The second kappa shape index (κ2) is 7.24. The van der Waals surface area contributed by atoms with Crippen molar-refractivity contribution in [3.8, 4) is 0 Å². The number of amides is 1. The first-order valence-electron chi connectivity index (χ1n) is 7.28. The number of aromatic nitrogens is 2. The lowest BCUT2D eigenvalue weighted by molar-refractivity contribution is -0.116. The first kappa shape index (κ1) is 14.8. The molecule has 1 aliphatic rings. The Bertz CT molecular complexity index is 464. The van der Waals surface area contributed by atoms with Crippen LogP contribution in [0, 0.1) is 5.92 Å². The van der Waals surface area contributed by atoms with E-state index in [9.17, 15) is 4.79 Å². The number of rotatable bonds is 6. The summed E-state index contributed by atoms with van der Waals surface area (Å²) in [5.74, 6) is 1.26. The fourth-order valence-corrected chi connectivity index (χ4v) is 2.40. The first-order chi connectivity index (χ1) is 9.65. The standard InChI is InChI=1S/C15H24N4O/c1-18(2)10-11-19-14(8-9-16-19)17-15(20)12-13-6-4-3-5-7-13/h4,6,8-9,13H,3,5,7,10-12H2,1-2H3,(H,17,20). The number of anilines is 1. The summed E-state index contributed by atoms with van der Waals surface area (Å²) < 4.78 is 1.84. The van der Waals surface area contributed by atoms with Gasteiger partial charge in [-0.15, -0.1) is 0 Å². The van der Waals surface area contributed by atoms with Crippen LogP contribution in [0.1, 0.15) is 25.7 Å². The van der Waals surface area contributed by atoms with Crippen molar-refractivity contribution in [3.63, 3.8) is 0 Å². The zero-order valence-electron chi connectivity index (χ0n) is 12.4. The van der Waals surface area contributed by atoms with Gasteiger partial charge in [0.2, 0.25) is 5.91 Å². The Kier molecular flexibility index (Phi) is 5.35. The molecule has 0 aliphatic heterocycles. The highest BCUT2D eigenvalue weighted by Gasteiger charge is 2.14. The van der Waals surface area contributed by atoms with Crippen LogP contribution in [0.4, 0.5) is 5.82 Å². The van der Waals surface area contributed by atoms with Crippen molar-refractivity contribution in [1.29, 1.82) is 0 Å². The maximum Gasteiger partial charge on any atom is 0.226 e. The fourth-order valence-electron chi connectivity index (χ4n) is 2.40. The van der Waals surface area contributed by atoms with Crippen molar-refractivity contribution in [2.45, 2.75) is 32.2 Å². The molecule has 1 aromatic rings. The average Bonchev–Trinajstić information content (AvgIpc) is 2.84. The highest BCUT2D eigenvalue weighted by molar-refractivity contribution is 5.90. The van der Waals surface area contributed by atoms with Crippen molar-refractivity contribution >= 4 is 11.7 Å². The van der Waals surface area contributed by atoms with Gasteiger partial charge in [-0.25, -0.2) is 4.68 Å². The summed E-state index contributed by atoms with van der Waals surface area (Å²) in [6.07, 6.45) is 10.1. The van der Waals surface area contributed by atoms with Crippen LogP contribution in [-0.4, -0.2) is 41.2 Å². The molecule has 1 amide bonds. The summed E-state index contributed by atoms with van der Waals surface area (Å²) in [5, 5.41) is 7.22. The van der Waals surface area contributed by atoms with Gasteiger partial charge in [0.25, 0.3) is 0 Å². The third kappa shape index (κ3) is 4.49. The molecule has 0 radical (unpaired) electrons. The topological polar surface area (TPSA) is 50.2 Å². The van der Waals surface area contributed by atoms with Gasteiger partial charge in [0, 0.05) is 19.0 Å². The molecule has 1 aliphatic carbocycles. The Morgan fingerprint density at radius 1 is 1.55 bits per heavy atom. The molecule has 0 saturated carbocycles. The molecule has 0 saturated heterocycles. The van der Waals surface area contributed by atoms with E-state index >= 15 is 0 Å². The molecule has 20 heavy (non-hydrogen) atoms. The third-order valence-electron chi connectivity index (χ3n) is 3.54. The fraction of sp³-hybridized carbons (Fsp3) is 0.600. The van der Waals surface area contributed by atoms with Gasteiger partial charge in [0.1, 0.15) is 5.82 Å². The van der Waals surface area contributed by atoms with Crippen LogP contribution in [0.3, 0.4) is 0 Å². The van der Waals surface area contributed by atoms with Gasteiger partial charge in [-0.3, -0.25) is 4.79 Å². The lowest BCUT2D eigenvalue weighted by atomic mass is 9.93. The van der Waals surface area contributed by atoms with E-state index in [1.54, 1.807) is 6.20 Å². The Balaban J connectivity index is 1.86. The second-order valence-electron chi connectivity index (χ2n) is 5.61. The summed E-state index contributed by atoms with van der Waals surface area (Å²) in [7, 11) is 4.05. The molecule has 1 unspecified atom stereocenters. The zero-order chi connectivity index (χ0) is 14.4. The van der Waals surface area contributed by atoms with E-state index in [4.69, 9.17) is 0 Å². The summed E-state index contributed by atoms with van der Waals surface area (Å²) in [4.78, 5) is 14.2. The van der Waals surface area contributed by atoms with Crippen LogP contribution in [0.15, 0.2) is 24.4 Å². The Morgan fingerprint density at radius 2 is 2.40 bits per heavy atom. The Morgan fingerprint density at radius 3 is 3.10 bits per heavy atom. The van der Waals surface area contributed by atoms with Gasteiger partial charge in [-0.05, 0) is 39.3 Å². The van der Waals surface area contributed by atoms with Crippen LogP contribution in [0.5, 0.6) is 0 Å². The summed E-state index contributed by atoms with van der Waals surface area (Å²) >= 11 is 0. The zero-order valence-corrected chi connectivity index (χ0v) is 12.4. The lowest BCUT2D eigenvalue weighted by Gasteiger charge is -2.16. The van der Waals surface area contributed by atoms with E-state index in [0.29, 0.717) is 12.3 Å². The molecule has 110 valence electrons. The number of nitrogens with zero attached hydrogens (tertiary/aromatic N) is 3. The smallest absolute Gasteiger partial charge is 0.226 e. The van der Waals surface area contributed by atoms with E-state index in [2.05, 4.69) is 27.5 Å². The van der Waals surface area contributed by atoms with Gasteiger partial charge in [-0.1, -0.05) is 12.2 Å². The van der Waals surface area contributed by atoms with E-state index < -0.39 is 0 Å². The van der Waals surface area contributed by atoms with Crippen molar-refractivity contribution in [2.24, 2.45) is 5.92 Å². The van der Waals surface area contributed by atoms with Crippen molar-refractivity contribution in [2.75, 3.05) is 26.0 Å². The number of likely N-dealkylation sites (N-methyl/N-ethyl adjacent to an activating group) is 1. The Labute approximate surface area is 120 Å². The summed E-state index contributed by atoms with van der Waals surface area (Å²) in [5.41, 5.74) is 0. The maximum absolute atomic E-state index is 12.1. The first-order valence-corrected chi connectivity index (χ1v) is 7.28. The van der Waals surface area contributed by atoms with Gasteiger partial charge < -0.3 is 10.2 Å². The Hall–Kier alpha value is -1.62. The van der Waals surface area contributed by atoms with Crippen LogP contribution < -0.4 is 5.32 Å². The normalized spacial score (nSPS) is 18.4. The molecule has 1 aromatic heterocycles. The van der Waals surface area contributed by atoms with Gasteiger partial charge in [0.05, 0.1) is 12.7 Å². The quantitative estimate of drug-likeness (QED) is 0.810. The minimum Gasteiger partial charge on any atom is -0.311 e. The molecule has 1 N–H and O–H groups in total. The number of nitrogens with one attached hydrogen (secondary N) is 1. The predicted molar refractivity (Wildman–Crippen MR) is 80.5 cm³/mol. The number of carbonyl (C=O) groups is 1. The number of hydrogen-bond donors (Lipinski definition) is 1. The van der Waals surface area contributed by atoms with Crippen LogP contribution in [-0.2, 0) is 11.3 Å². The molecular weight excluding hydrogens is 252 g/mol. The van der Waals surface area contributed by atoms with Crippen LogP contribution in [0.25, 0.3) is 0 Å². The van der Waals surface area contributed by atoms with Crippen molar-refractivity contribution < 1.29 is 4.79 Å². The van der Waals surface area contributed by atoms with Crippen LogP contribution in [0.2, 0.25) is 0 Å². The predicted octanol–water partition coefficient (Wildman–Crippen LogP) is 2.13. The van der Waals surface area contributed by atoms with Gasteiger partial charge >= 0.3 is 0 Å². The minimum absolute atomic E-state index is 0.0770. The number of carbonyl (C=O) groups excluding carboxylic acids is 1. The van der Waals surface area contributed by atoms with E-state index in [0.717, 1.165) is 31.7 Å². The molecule has 0 fully saturated rings. The second-order valence-corrected chi connectivity index (χ2v) is 5.61. The van der Waals surface area contributed by atoms with E-state index in [-0.39, 0.29) is 5.91 Å². The molecule has 2 rings (SSSR count). The molecule has 5 nitrogen and oxygen atoms in total. The largest absolute Gasteiger partial charge is 0.311 e. The molecule has 1 atom stereocenters. The molecule has 1 heterocycles. The SMILES string of the molecule is CN(C)CCn1nccc1NC(=O)CC1C=CCCC1. The minimum atomic E-state index is 0.0770.